The van der Waals surface area contributed by atoms with Crippen LogP contribution in [0.5, 0.6) is 0 Å². The molecule has 0 unspecified atom stereocenters. The number of rotatable bonds is 6. The summed E-state index contributed by atoms with van der Waals surface area (Å²) in [5.41, 5.74) is 1.82. The van der Waals surface area contributed by atoms with Gasteiger partial charge in [0, 0.05) is 16.9 Å². The normalized spacial score (nSPS) is 11.1. The third-order valence-electron chi connectivity index (χ3n) is 4.15. The van der Waals surface area contributed by atoms with E-state index in [4.69, 9.17) is 0 Å². The third-order valence-corrected chi connectivity index (χ3v) is 5.55. The highest BCUT2D eigenvalue weighted by molar-refractivity contribution is 7.92. The van der Waals surface area contributed by atoms with Crippen LogP contribution in [-0.4, -0.2) is 34.5 Å². The van der Waals surface area contributed by atoms with Crippen molar-refractivity contribution in [3.63, 3.8) is 0 Å². The third kappa shape index (κ3) is 4.33. The monoisotopic (exact) mass is 420 g/mol. The largest absolute Gasteiger partial charge is 0.322 e. The van der Waals surface area contributed by atoms with E-state index in [2.05, 4.69) is 25.6 Å². The first-order valence-corrected chi connectivity index (χ1v) is 10.3. The first kappa shape index (κ1) is 19.3. The zero-order chi connectivity index (χ0) is 21.0. The smallest absolute Gasteiger partial charge is 0.261 e. The van der Waals surface area contributed by atoms with Gasteiger partial charge in [-0.3, -0.25) is 9.52 Å². The van der Waals surface area contributed by atoms with Crippen molar-refractivity contribution in [2.75, 3.05) is 10.0 Å². The summed E-state index contributed by atoms with van der Waals surface area (Å²) in [5, 5.41) is 13.8. The van der Waals surface area contributed by atoms with Crippen molar-refractivity contribution in [2.45, 2.75) is 4.90 Å². The van der Waals surface area contributed by atoms with Crippen LogP contribution in [0.25, 0.3) is 5.69 Å². The molecule has 0 spiro atoms. The topological polar surface area (TPSA) is 119 Å². The average Bonchev–Trinajstić information content (AvgIpc) is 3.29. The van der Waals surface area contributed by atoms with Crippen molar-refractivity contribution in [1.29, 1.82) is 0 Å². The molecule has 2 N–H and O–H groups in total. The summed E-state index contributed by atoms with van der Waals surface area (Å²) >= 11 is 0. The number of nitrogens with zero attached hydrogens (tertiary/aromatic N) is 4. The molecule has 0 aliphatic heterocycles. The second-order valence-electron chi connectivity index (χ2n) is 6.26. The number of tetrazole rings is 1. The molecular formula is C20H16N6O3S. The van der Waals surface area contributed by atoms with E-state index in [1.54, 1.807) is 60.7 Å². The van der Waals surface area contributed by atoms with E-state index in [0.29, 0.717) is 16.9 Å². The summed E-state index contributed by atoms with van der Waals surface area (Å²) < 4.78 is 28.9. The fourth-order valence-corrected chi connectivity index (χ4v) is 3.82. The minimum absolute atomic E-state index is 0.138. The molecule has 0 bridgehead atoms. The van der Waals surface area contributed by atoms with Crippen molar-refractivity contribution >= 4 is 27.3 Å². The summed E-state index contributed by atoms with van der Waals surface area (Å²) in [6.45, 7) is 0. The zero-order valence-electron chi connectivity index (χ0n) is 15.5. The Morgan fingerprint density at radius 1 is 0.867 bits per heavy atom. The van der Waals surface area contributed by atoms with Crippen molar-refractivity contribution < 1.29 is 13.2 Å². The first-order valence-electron chi connectivity index (χ1n) is 8.84. The van der Waals surface area contributed by atoms with Gasteiger partial charge in [0.2, 0.25) is 0 Å². The molecular weight excluding hydrogens is 404 g/mol. The molecule has 0 atom stereocenters. The number of nitrogens with one attached hydrogen (secondary N) is 2. The molecule has 10 heteroatoms. The van der Waals surface area contributed by atoms with Crippen molar-refractivity contribution in [2.24, 2.45) is 0 Å². The number of amides is 1. The van der Waals surface area contributed by atoms with E-state index >= 15 is 0 Å². The van der Waals surface area contributed by atoms with E-state index in [9.17, 15) is 13.2 Å². The van der Waals surface area contributed by atoms with Crippen molar-refractivity contribution in [3.8, 4) is 5.69 Å². The Hall–Kier alpha value is -4.05. The van der Waals surface area contributed by atoms with Crippen LogP contribution >= 0.6 is 0 Å². The Balaban J connectivity index is 1.51. The summed E-state index contributed by atoms with van der Waals surface area (Å²) in [6, 6.07) is 21.3. The Bertz CT molecular complexity index is 1270. The Labute approximate surface area is 172 Å². The van der Waals surface area contributed by atoms with Crippen LogP contribution in [0.3, 0.4) is 0 Å². The van der Waals surface area contributed by atoms with Crippen LogP contribution < -0.4 is 10.0 Å². The molecule has 30 heavy (non-hydrogen) atoms. The molecule has 0 aliphatic carbocycles. The summed E-state index contributed by atoms with van der Waals surface area (Å²) in [5.74, 6) is -0.385. The van der Waals surface area contributed by atoms with Gasteiger partial charge < -0.3 is 5.32 Å². The van der Waals surface area contributed by atoms with Gasteiger partial charge in [0.05, 0.1) is 10.6 Å². The Morgan fingerprint density at radius 2 is 1.63 bits per heavy atom. The summed E-state index contributed by atoms with van der Waals surface area (Å²) in [4.78, 5) is 12.8. The van der Waals surface area contributed by atoms with Gasteiger partial charge in [-0.25, -0.2) is 13.1 Å². The number of sulfonamides is 1. The van der Waals surface area contributed by atoms with Crippen LogP contribution in [0.15, 0.2) is 90.1 Å². The standard InChI is InChI=1S/C20H16N6O3S/c27-20(22-16-7-5-9-18(13-16)26-14-21-24-25-26)15-6-4-8-17(12-15)23-30(28,29)19-10-2-1-3-11-19/h1-14,23H,(H,22,27). The van der Waals surface area contributed by atoms with Crippen molar-refractivity contribution in [1.82, 2.24) is 20.2 Å². The number of benzene rings is 3. The fourth-order valence-electron chi connectivity index (χ4n) is 2.75. The lowest BCUT2D eigenvalue weighted by Crippen LogP contribution is -2.15. The minimum Gasteiger partial charge on any atom is -0.322 e. The maximum atomic E-state index is 12.7. The maximum absolute atomic E-state index is 12.7. The molecule has 3 aromatic carbocycles. The van der Waals surface area contributed by atoms with Crippen LogP contribution in [0.1, 0.15) is 10.4 Å². The molecule has 9 nitrogen and oxygen atoms in total. The molecule has 0 saturated carbocycles. The number of aromatic nitrogens is 4. The van der Waals surface area contributed by atoms with Gasteiger partial charge in [-0.15, -0.1) is 5.10 Å². The molecule has 0 fully saturated rings. The molecule has 4 rings (SSSR count). The van der Waals surface area contributed by atoms with Gasteiger partial charge in [0.15, 0.2) is 0 Å². The van der Waals surface area contributed by atoms with Crippen LogP contribution in [0.2, 0.25) is 0 Å². The summed E-state index contributed by atoms with van der Waals surface area (Å²) in [6.07, 6.45) is 1.45. The van der Waals surface area contributed by atoms with Crippen LogP contribution in [0.4, 0.5) is 11.4 Å². The van der Waals surface area contributed by atoms with Gasteiger partial charge in [-0.1, -0.05) is 30.3 Å². The van der Waals surface area contributed by atoms with E-state index in [1.165, 1.54) is 29.2 Å². The van der Waals surface area contributed by atoms with Crippen LogP contribution in [0, 0.1) is 0 Å². The maximum Gasteiger partial charge on any atom is 0.261 e. The lowest BCUT2D eigenvalue weighted by molar-refractivity contribution is 0.102. The van der Waals surface area contributed by atoms with E-state index in [0.717, 1.165) is 0 Å². The lowest BCUT2D eigenvalue weighted by Gasteiger charge is -2.10. The molecule has 1 amide bonds. The highest BCUT2D eigenvalue weighted by Crippen LogP contribution is 2.19. The second kappa shape index (κ2) is 8.13. The summed E-state index contributed by atoms with van der Waals surface area (Å²) in [7, 11) is -3.75. The highest BCUT2D eigenvalue weighted by atomic mass is 32.2. The molecule has 0 aliphatic rings. The van der Waals surface area contributed by atoms with Gasteiger partial charge in [0.25, 0.3) is 15.9 Å². The second-order valence-corrected chi connectivity index (χ2v) is 7.94. The molecule has 1 heterocycles. The molecule has 1 aromatic heterocycles. The highest BCUT2D eigenvalue weighted by Gasteiger charge is 2.15. The molecule has 0 radical (unpaired) electrons. The number of hydrogen-bond acceptors (Lipinski definition) is 6. The SMILES string of the molecule is O=C(Nc1cccc(-n2cnnn2)c1)c1cccc(NS(=O)(=O)c2ccccc2)c1. The molecule has 150 valence electrons. The predicted octanol–water partition coefficient (Wildman–Crippen LogP) is 2.72. The quantitative estimate of drug-likeness (QED) is 0.495. The van der Waals surface area contributed by atoms with E-state index in [1.807, 2.05) is 0 Å². The fraction of sp³-hybridized carbons (Fsp3) is 0. The minimum atomic E-state index is -3.75. The predicted molar refractivity (Wildman–Crippen MR) is 111 cm³/mol. The number of carbonyl (C=O) groups excluding carboxylic acids is 1. The first-order chi connectivity index (χ1) is 14.5. The zero-order valence-corrected chi connectivity index (χ0v) is 16.3. The Kier molecular flexibility index (Phi) is 5.22. The van der Waals surface area contributed by atoms with Gasteiger partial charge in [-0.2, -0.15) is 0 Å². The van der Waals surface area contributed by atoms with Crippen molar-refractivity contribution in [3.05, 3.63) is 90.8 Å². The van der Waals surface area contributed by atoms with E-state index < -0.39 is 10.0 Å². The number of anilines is 2. The van der Waals surface area contributed by atoms with Gasteiger partial charge in [0.1, 0.15) is 6.33 Å². The Morgan fingerprint density at radius 3 is 2.40 bits per heavy atom. The molecule has 4 aromatic rings. The average molecular weight is 420 g/mol. The van der Waals surface area contributed by atoms with Gasteiger partial charge >= 0.3 is 0 Å². The number of carbonyl (C=O) groups is 1. The van der Waals surface area contributed by atoms with Crippen LogP contribution in [-0.2, 0) is 10.0 Å². The lowest BCUT2D eigenvalue weighted by atomic mass is 10.2. The number of hydrogen-bond donors (Lipinski definition) is 2. The van der Waals surface area contributed by atoms with Gasteiger partial charge in [-0.05, 0) is 59.0 Å². The van der Waals surface area contributed by atoms with E-state index in [-0.39, 0.29) is 16.5 Å². The molecule has 0 saturated heterocycles.